The predicted molar refractivity (Wildman–Crippen MR) is 48.7 cm³/mol. The van der Waals surface area contributed by atoms with Gasteiger partial charge in [0.15, 0.2) is 0 Å². The van der Waals surface area contributed by atoms with Gasteiger partial charge >= 0.3 is 0 Å². The van der Waals surface area contributed by atoms with Gasteiger partial charge in [-0.05, 0) is 37.0 Å². The van der Waals surface area contributed by atoms with Crippen LogP contribution in [0.25, 0.3) is 0 Å². The smallest absolute Gasteiger partial charge is 0.117 e. The molecule has 2 heteroatoms. The van der Waals surface area contributed by atoms with Crippen molar-refractivity contribution in [3.05, 3.63) is 24.0 Å². The van der Waals surface area contributed by atoms with Gasteiger partial charge in [-0.2, -0.15) is 0 Å². The summed E-state index contributed by atoms with van der Waals surface area (Å²) in [5, 5.41) is 8.91. The zero-order valence-corrected chi connectivity index (χ0v) is 7.49. The summed E-state index contributed by atoms with van der Waals surface area (Å²) >= 11 is 0. The molecule has 0 saturated carbocycles. The lowest BCUT2D eigenvalue weighted by Crippen LogP contribution is -2.10. The van der Waals surface area contributed by atoms with Crippen molar-refractivity contribution in [2.45, 2.75) is 32.3 Å². The predicted octanol–water partition coefficient (Wildman–Crippen LogP) is 2.01. The van der Waals surface area contributed by atoms with Crippen molar-refractivity contribution in [2.75, 3.05) is 6.61 Å². The molecule has 1 rings (SSSR count). The highest BCUT2D eigenvalue weighted by molar-refractivity contribution is 5.06. The molecule has 1 aliphatic heterocycles. The van der Waals surface area contributed by atoms with Crippen LogP contribution < -0.4 is 0 Å². The summed E-state index contributed by atoms with van der Waals surface area (Å²) in [6, 6.07) is 0. The van der Waals surface area contributed by atoms with Gasteiger partial charge < -0.3 is 9.84 Å². The Morgan fingerprint density at radius 2 is 2.58 bits per heavy atom. The Morgan fingerprint density at radius 1 is 1.75 bits per heavy atom. The Kier molecular flexibility index (Phi) is 3.88. The second-order valence-corrected chi connectivity index (χ2v) is 2.96. The van der Waals surface area contributed by atoms with Crippen LogP contribution in [0, 0.1) is 0 Å². The third-order valence-corrected chi connectivity index (χ3v) is 2.05. The maximum atomic E-state index is 8.91. The van der Waals surface area contributed by atoms with Crippen molar-refractivity contribution < 1.29 is 9.84 Å². The first-order valence-electron chi connectivity index (χ1n) is 4.47. The number of allylic oxidation sites excluding steroid dienone is 1. The third-order valence-electron chi connectivity index (χ3n) is 2.05. The van der Waals surface area contributed by atoms with Gasteiger partial charge in [-0.15, -0.1) is 0 Å². The molecule has 0 radical (unpaired) electrons. The van der Waals surface area contributed by atoms with E-state index in [1.165, 1.54) is 0 Å². The fourth-order valence-electron chi connectivity index (χ4n) is 1.22. The molecule has 0 fully saturated rings. The molecule has 0 spiro atoms. The molecule has 0 bridgehead atoms. The summed E-state index contributed by atoms with van der Waals surface area (Å²) in [6.07, 6.45) is 8.98. The van der Waals surface area contributed by atoms with Gasteiger partial charge in [0.05, 0.1) is 12.9 Å². The standard InChI is InChI=1S/C10H16O2/c1-2-9(8-11)7-10-5-3-4-6-12-10/h4,6-7,10-11H,2-3,5,8H2,1H3/b9-7+. The molecule has 2 nitrogen and oxygen atoms in total. The van der Waals surface area contributed by atoms with Crippen molar-refractivity contribution in [3.63, 3.8) is 0 Å². The summed E-state index contributed by atoms with van der Waals surface area (Å²) in [7, 11) is 0. The quantitative estimate of drug-likeness (QED) is 0.653. The number of aliphatic hydroxyl groups excluding tert-OH is 1. The fourth-order valence-corrected chi connectivity index (χ4v) is 1.22. The van der Waals surface area contributed by atoms with Gasteiger partial charge in [-0.25, -0.2) is 0 Å². The van der Waals surface area contributed by atoms with Crippen LogP contribution in [0.15, 0.2) is 24.0 Å². The molecule has 1 heterocycles. The van der Waals surface area contributed by atoms with Crippen molar-refractivity contribution in [1.29, 1.82) is 0 Å². The van der Waals surface area contributed by atoms with Gasteiger partial charge in [0, 0.05) is 0 Å². The van der Waals surface area contributed by atoms with E-state index in [-0.39, 0.29) is 12.7 Å². The van der Waals surface area contributed by atoms with E-state index in [0.29, 0.717) is 0 Å². The maximum Gasteiger partial charge on any atom is 0.117 e. The largest absolute Gasteiger partial charge is 0.494 e. The highest BCUT2D eigenvalue weighted by atomic mass is 16.5. The number of aliphatic hydroxyl groups is 1. The zero-order valence-electron chi connectivity index (χ0n) is 7.49. The Labute approximate surface area is 73.5 Å². The van der Waals surface area contributed by atoms with Gasteiger partial charge in [-0.1, -0.05) is 6.92 Å². The minimum absolute atomic E-state index is 0.153. The molecule has 0 amide bonds. The summed E-state index contributed by atoms with van der Waals surface area (Å²) in [5.41, 5.74) is 1.07. The molecule has 0 aromatic carbocycles. The van der Waals surface area contributed by atoms with E-state index in [1.54, 1.807) is 6.26 Å². The molecule has 0 aliphatic carbocycles. The molecule has 0 saturated heterocycles. The van der Waals surface area contributed by atoms with E-state index in [2.05, 4.69) is 0 Å². The second kappa shape index (κ2) is 4.99. The van der Waals surface area contributed by atoms with E-state index in [1.807, 2.05) is 19.1 Å². The lowest BCUT2D eigenvalue weighted by molar-refractivity contribution is 0.163. The lowest BCUT2D eigenvalue weighted by atomic mass is 10.1. The van der Waals surface area contributed by atoms with Crippen LogP contribution >= 0.6 is 0 Å². The van der Waals surface area contributed by atoms with Crippen LogP contribution in [-0.2, 0) is 4.74 Å². The number of ether oxygens (including phenoxy) is 1. The van der Waals surface area contributed by atoms with Crippen molar-refractivity contribution >= 4 is 0 Å². The maximum absolute atomic E-state index is 8.91. The van der Waals surface area contributed by atoms with Crippen molar-refractivity contribution in [2.24, 2.45) is 0 Å². The number of hydrogen-bond acceptors (Lipinski definition) is 2. The molecule has 68 valence electrons. The molecule has 1 N–H and O–H groups in total. The highest BCUT2D eigenvalue weighted by Gasteiger charge is 2.07. The SMILES string of the molecule is CC/C(=C\C1CCC=CO1)CO. The first-order valence-corrected chi connectivity index (χ1v) is 4.47. The summed E-state index contributed by atoms with van der Waals surface area (Å²) in [5.74, 6) is 0. The van der Waals surface area contributed by atoms with Crippen LogP contribution in [0.1, 0.15) is 26.2 Å². The van der Waals surface area contributed by atoms with E-state index in [9.17, 15) is 0 Å². The Balaban J connectivity index is 2.46. The van der Waals surface area contributed by atoms with Crippen LogP contribution in [-0.4, -0.2) is 17.8 Å². The Morgan fingerprint density at radius 3 is 3.08 bits per heavy atom. The number of rotatable bonds is 3. The molecule has 0 aromatic rings. The molecule has 1 aliphatic rings. The summed E-state index contributed by atoms with van der Waals surface area (Å²) < 4.78 is 5.34. The van der Waals surface area contributed by atoms with Gasteiger partial charge in [0.1, 0.15) is 6.10 Å². The molecular weight excluding hydrogens is 152 g/mol. The van der Waals surface area contributed by atoms with Crippen molar-refractivity contribution in [1.82, 2.24) is 0 Å². The Bertz CT molecular complexity index is 176. The number of hydrogen-bond donors (Lipinski definition) is 1. The first-order chi connectivity index (χ1) is 5.86. The fraction of sp³-hybridized carbons (Fsp3) is 0.600. The molecular formula is C10H16O2. The minimum atomic E-state index is 0.153. The third kappa shape index (κ3) is 2.70. The van der Waals surface area contributed by atoms with E-state index >= 15 is 0 Å². The normalized spacial score (nSPS) is 23.8. The van der Waals surface area contributed by atoms with E-state index in [0.717, 1.165) is 24.8 Å². The molecule has 12 heavy (non-hydrogen) atoms. The Hall–Kier alpha value is -0.760. The van der Waals surface area contributed by atoms with Crippen LogP contribution in [0.4, 0.5) is 0 Å². The minimum Gasteiger partial charge on any atom is -0.494 e. The zero-order chi connectivity index (χ0) is 8.81. The molecule has 0 aromatic heterocycles. The average Bonchev–Trinajstić information content (AvgIpc) is 2.16. The van der Waals surface area contributed by atoms with Gasteiger partial charge in [-0.3, -0.25) is 0 Å². The summed E-state index contributed by atoms with van der Waals surface area (Å²) in [4.78, 5) is 0. The first kappa shape index (κ1) is 9.33. The van der Waals surface area contributed by atoms with Crippen LogP contribution in [0.5, 0.6) is 0 Å². The molecule has 1 atom stereocenters. The van der Waals surface area contributed by atoms with Crippen molar-refractivity contribution in [3.8, 4) is 0 Å². The van der Waals surface area contributed by atoms with Gasteiger partial charge in [0.25, 0.3) is 0 Å². The van der Waals surface area contributed by atoms with E-state index < -0.39 is 0 Å². The summed E-state index contributed by atoms with van der Waals surface area (Å²) in [6.45, 7) is 2.20. The lowest BCUT2D eigenvalue weighted by Gasteiger charge is -2.16. The second-order valence-electron chi connectivity index (χ2n) is 2.96. The van der Waals surface area contributed by atoms with E-state index in [4.69, 9.17) is 9.84 Å². The monoisotopic (exact) mass is 168 g/mol. The average molecular weight is 168 g/mol. The topological polar surface area (TPSA) is 29.5 Å². The molecule has 1 unspecified atom stereocenters. The van der Waals surface area contributed by atoms with Crippen LogP contribution in [0.2, 0.25) is 0 Å². The van der Waals surface area contributed by atoms with Gasteiger partial charge in [0.2, 0.25) is 0 Å². The highest BCUT2D eigenvalue weighted by Crippen LogP contribution is 2.14. The van der Waals surface area contributed by atoms with Crippen LogP contribution in [0.3, 0.4) is 0 Å².